The quantitative estimate of drug-likeness (QED) is 0.136. The van der Waals surface area contributed by atoms with Gasteiger partial charge < -0.3 is 14.2 Å². The number of amides is 1. The van der Waals surface area contributed by atoms with Gasteiger partial charge in [-0.3, -0.25) is 4.79 Å². The molecular weight excluding hydrogens is 573 g/mol. The molecule has 0 radical (unpaired) electrons. The van der Waals surface area contributed by atoms with Crippen LogP contribution in [0.15, 0.2) is 77.9 Å². The molecule has 0 bridgehead atoms. The number of methoxy groups -OCH3 is 2. The van der Waals surface area contributed by atoms with E-state index in [0.29, 0.717) is 31.9 Å². The molecule has 4 rings (SSSR count). The Morgan fingerprint density at radius 3 is 2.53 bits per heavy atom. The number of pyridine rings is 1. The van der Waals surface area contributed by atoms with E-state index in [9.17, 15) is 9.59 Å². The number of carbonyl (C=O) groups is 2. The highest BCUT2D eigenvalue weighted by molar-refractivity contribution is 14.1. The summed E-state index contributed by atoms with van der Waals surface area (Å²) in [5.41, 5.74) is 6.08. The van der Waals surface area contributed by atoms with E-state index < -0.39 is 5.97 Å². The Bertz CT molecular complexity index is 1440. The highest BCUT2D eigenvalue weighted by atomic mass is 127. The summed E-state index contributed by atoms with van der Waals surface area (Å²) in [6.07, 6.45) is 1.51. The predicted molar refractivity (Wildman–Crippen MR) is 145 cm³/mol. The molecule has 9 heteroatoms. The smallest absolute Gasteiger partial charge is 0.343 e. The summed E-state index contributed by atoms with van der Waals surface area (Å²) in [7, 11) is 2.79. The van der Waals surface area contributed by atoms with Gasteiger partial charge in [0.2, 0.25) is 0 Å². The van der Waals surface area contributed by atoms with Crippen molar-refractivity contribution in [2.24, 2.45) is 5.10 Å². The van der Waals surface area contributed by atoms with Crippen LogP contribution in [0.2, 0.25) is 0 Å². The Kier molecular flexibility index (Phi) is 8.11. The molecule has 0 unspecified atom stereocenters. The number of esters is 1. The van der Waals surface area contributed by atoms with Gasteiger partial charge in [-0.25, -0.2) is 15.2 Å². The molecule has 1 N–H and O–H groups in total. The van der Waals surface area contributed by atoms with Crippen molar-refractivity contribution in [3.05, 3.63) is 87.5 Å². The number of hydrazone groups is 1. The minimum absolute atomic E-state index is 0.239. The summed E-state index contributed by atoms with van der Waals surface area (Å²) in [5.74, 6) is -0.0189. The van der Waals surface area contributed by atoms with Gasteiger partial charge in [0.05, 0.1) is 40.8 Å². The molecule has 0 atom stereocenters. The number of carbonyl (C=O) groups excluding carboxylic acids is 2. The van der Waals surface area contributed by atoms with Gasteiger partial charge in [0, 0.05) is 10.9 Å². The lowest BCUT2D eigenvalue weighted by Crippen LogP contribution is -2.18. The van der Waals surface area contributed by atoms with Gasteiger partial charge in [-0.15, -0.1) is 0 Å². The second kappa shape index (κ2) is 11.6. The number of nitrogens with one attached hydrogen (secondary N) is 1. The zero-order valence-corrected chi connectivity index (χ0v) is 21.7. The Morgan fingerprint density at radius 2 is 1.78 bits per heavy atom. The number of nitrogens with zero attached hydrogens (tertiary/aromatic N) is 2. The van der Waals surface area contributed by atoms with Crippen molar-refractivity contribution in [2.75, 3.05) is 20.8 Å². The first kappa shape index (κ1) is 25.1. The van der Waals surface area contributed by atoms with Crippen LogP contribution in [-0.2, 0) is 9.53 Å². The van der Waals surface area contributed by atoms with E-state index >= 15 is 0 Å². The fourth-order valence-corrected chi connectivity index (χ4v) is 4.27. The van der Waals surface area contributed by atoms with E-state index in [1.165, 1.54) is 20.4 Å². The Hall–Kier alpha value is -3.99. The number of halogens is 1. The maximum Gasteiger partial charge on any atom is 0.343 e. The van der Waals surface area contributed by atoms with Crippen molar-refractivity contribution in [2.45, 2.75) is 0 Å². The first-order chi connectivity index (χ1) is 17.5. The van der Waals surface area contributed by atoms with Gasteiger partial charge >= 0.3 is 5.97 Å². The maximum absolute atomic E-state index is 13.1. The molecule has 182 valence electrons. The molecular formula is C27H22IN3O5. The molecule has 0 saturated heterocycles. The SMILES string of the molecule is COC(=O)COc1c(I)cc(/C=N/NC(=O)c2cc(-c3ccccc3)nc3ccccc23)cc1OC. The second-order valence-corrected chi connectivity index (χ2v) is 8.70. The first-order valence-corrected chi connectivity index (χ1v) is 11.9. The third-order valence-electron chi connectivity index (χ3n) is 5.22. The number of aromatic nitrogens is 1. The van der Waals surface area contributed by atoms with Crippen molar-refractivity contribution in [1.29, 1.82) is 0 Å². The number of hydrogen-bond acceptors (Lipinski definition) is 7. The molecule has 36 heavy (non-hydrogen) atoms. The van der Waals surface area contributed by atoms with Crippen molar-refractivity contribution in [1.82, 2.24) is 10.4 Å². The molecule has 0 aliphatic rings. The summed E-state index contributed by atoms with van der Waals surface area (Å²) in [6.45, 7) is -0.239. The average molecular weight is 595 g/mol. The van der Waals surface area contributed by atoms with E-state index in [1.807, 2.05) is 54.6 Å². The van der Waals surface area contributed by atoms with Crippen molar-refractivity contribution >= 4 is 51.6 Å². The van der Waals surface area contributed by atoms with Gasteiger partial charge in [-0.05, 0) is 52.4 Å². The summed E-state index contributed by atoms with van der Waals surface area (Å²) >= 11 is 2.07. The van der Waals surface area contributed by atoms with Crippen LogP contribution < -0.4 is 14.9 Å². The topological polar surface area (TPSA) is 99.1 Å². The van der Waals surface area contributed by atoms with Crippen LogP contribution >= 0.6 is 22.6 Å². The summed E-state index contributed by atoms with van der Waals surface area (Å²) in [6, 6.07) is 22.4. The highest BCUT2D eigenvalue weighted by Gasteiger charge is 2.15. The van der Waals surface area contributed by atoms with Crippen molar-refractivity contribution in [3.63, 3.8) is 0 Å². The molecule has 1 aromatic heterocycles. The normalized spacial score (nSPS) is 10.9. The molecule has 1 heterocycles. The van der Waals surface area contributed by atoms with Crippen LogP contribution in [0.5, 0.6) is 11.5 Å². The van der Waals surface area contributed by atoms with Crippen LogP contribution in [0.3, 0.4) is 0 Å². The van der Waals surface area contributed by atoms with Gasteiger partial charge in [-0.2, -0.15) is 5.10 Å². The van der Waals surface area contributed by atoms with Crippen LogP contribution in [-0.4, -0.2) is 43.9 Å². The Morgan fingerprint density at radius 1 is 1.03 bits per heavy atom. The van der Waals surface area contributed by atoms with E-state index in [2.05, 4.69) is 37.9 Å². The number of rotatable bonds is 8. The first-order valence-electron chi connectivity index (χ1n) is 10.9. The molecule has 0 spiro atoms. The lowest BCUT2D eigenvalue weighted by Gasteiger charge is -2.12. The van der Waals surface area contributed by atoms with Crippen LogP contribution in [0.4, 0.5) is 0 Å². The molecule has 0 saturated carbocycles. The van der Waals surface area contributed by atoms with Gasteiger partial charge in [0.25, 0.3) is 5.91 Å². The molecule has 4 aromatic rings. The van der Waals surface area contributed by atoms with E-state index in [-0.39, 0.29) is 12.5 Å². The molecule has 0 fully saturated rings. The summed E-state index contributed by atoms with van der Waals surface area (Å²) in [4.78, 5) is 29.2. The fourth-order valence-electron chi connectivity index (χ4n) is 3.49. The zero-order valence-electron chi connectivity index (χ0n) is 19.5. The van der Waals surface area contributed by atoms with E-state index in [1.54, 1.807) is 18.2 Å². The number of benzene rings is 3. The number of hydrogen-bond donors (Lipinski definition) is 1. The van der Waals surface area contributed by atoms with E-state index in [0.717, 1.165) is 16.5 Å². The number of ether oxygens (including phenoxy) is 3. The van der Waals surface area contributed by atoms with Crippen LogP contribution in [0, 0.1) is 3.57 Å². The van der Waals surface area contributed by atoms with Gasteiger partial charge in [0.15, 0.2) is 18.1 Å². The predicted octanol–water partition coefficient (Wildman–Crippen LogP) is 4.83. The summed E-state index contributed by atoms with van der Waals surface area (Å²) in [5, 5.41) is 4.87. The fraction of sp³-hybridized carbons (Fsp3) is 0.111. The number of fused-ring (bicyclic) bond motifs is 1. The summed E-state index contributed by atoms with van der Waals surface area (Å²) < 4.78 is 16.2. The standard InChI is InChI=1S/C27H22IN3O5/c1-34-24-13-17(12-21(28)26(24)36-16-25(32)35-2)15-29-31-27(33)20-14-23(18-8-4-3-5-9-18)30-22-11-7-6-10-19(20)22/h3-15H,16H2,1-2H3,(H,31,33)/b29-15+. The Balaban J connectivity index is 1.57. The lowest BCUT2D eigenvalue weighted by atomic mass is 10.0. The van der Waals surface area contributed by atoms with E-state index in [4.69, 9.17) is 14.5 Å². The minimum Gasteiger partial charge on any atom is -0.493 e. The average Bonchev–Trinajstić information content (AvgIpc) is 2.91. The maximum atomic E-state index is 13.1. The third kappa shape index (κ3) is 5.80. The highest BCUT2D eigenvalue weighted by Crippen LogP contribution is 2.33. The van der Waals surface area contributed by atoms with Crippen LogP contribution in [0.1, 0.15) is 15.9 Å². The zero-order chi connectivity index (χ0) is 25.5. The van der Waals surface area contributed by atoms with Gasteiger partial charge in [-0.1, -0.05) is 48.5 Å². The second-order valence-electron chi connectivity index (χ2n) is 7.54. The minimum atomic E-state index is -0.500. The molecule has 1 amide bonds. The van der Waals surface area contributed by atoms with Crippen LogP contribution in [0.25, 0.3) is 22.2 Å². The largest absolute Gasteiger partial charge is 0.493 e. The van der Waals surface area contributed by atoms with Crippen molar-refractivity contribution in [3.8, 4) is 22.8 Å². The lowest BCUT2D eigenvalue weighted by molar-refractivity contribution is -0.142. The molecule has 0 aliphatic heterocycles. The monoisotopic (exact) mass is 595 g/mol. The molecule has 8 nitrogen and oxygen atoms in total. The van der Waals surface area contributed by atoms with Crippen molar-refractivity contribution < 1.29 is 23.8 Å². The van der Waals surface area contributed by atoms with Gasteiger partial charge in [0.1, 0.15) is 0 Å². The third-order valence-corrected chi connectivity index (χ3v) is 6.03. The molecule has 3 aromatic carbocycles. The molecule has 0 aliphatic carbocycles. The Labute approximate surface area is 221 Å². The number of para-hydroxylation sites is 1.